The number of nitrogens with zero attached hydrogens (tertiary/aromatic N) is 4. The Morgan fingerprint density at radius 1 is 1.00 bits per heavy atom. The molecule has 0 saturated carbocycles. The van der Waals surface area contributed by atoms with Crippen LogP contribution in [0.25, 0.3) is 10.2 Å². The number of morpholine rings is 1. The van der Waals surface area contributed by atoms with Crippen molar-refractivity contribution in [3.63, 3.8) is 0 Å². The first kappa shape index (κ1) is 31.4. The van der Waals surface area contributed by atoms with E-state index in [0.717, 1.165) is 85.6 Å². The van der Waals surface area contributed by atoms with E-state index in [0.29, 0.717) is 23.8 Å². The first-order valence-corrected chi connectivity index (χ1v) is 16.9. The summed E-state index contributed by atoms with van der Waals surface area (Å²) in [6.07, 6.45) is 3.29. The van der Waals surface area contributed by atoms with E-state index in [1.54, 1.807) is 29.2 Å². The Bertz CT molecular complexity index is 1670. The van der Waals surface area contributed by atoms with Gasteiger partial charge >= 0.3 is 0 Å². The molecule has 1 aromatic heterocycles. The highest BCUT2D eigenvalue weighted by Crippen LogP contribution is 2.34. The van der Waals surface area contributed by atoms with Gasteiger partial charge in [0.15, 0.2) is 5.13 Å². The molecule has 0 unspecified atom stereocenters. The molecule has 4 aromatic rings. The van der Waals surface area contributed by atoms with Gasteiger partial charge in [-0.2, -0.15) is 0 Å². The number of sulfonamides is 1. The zero-order chi connectivity index (χ0) is 29.1. The lowest BCUT2D eigenvalue weighted by molar-refractivity contribution is 0.0376. The molecule has 0 aliphatic carbocycles. The summed E-state index contributed by atoms with van der Waals surface area (Å²) in [5.74, 6) is -0.179. The summed E-state index contributed by atoms with van der Waals surface area (Å²) in [6, 6.07) is 20.2. The maximum atomic E-state index is 14.0. The topological polar surface area (TPSA) is 83.0 Å². The van der Waals surface area contributed by atoms with E-state index in [1.165, 1.54) is 15.6 Å². The molecule has 1 saturated heterocycles. The molecular formula is C32H37ClN4O4S2. The fourth-order valence-corrected chi connectivity index (χ4v) is 8.34. The first-order chi connectivity index (χ1) is 20.5. The number of carbonyl (C=O) groups excluding carboxylic acids is 1. The molecule has 43 heavy (non-hydrogen) atoms. The SMILES string of the molecule is CCc1cccc2sc(N(CCCN3CCOCC3)C(=O)c3ccc(S(=O)(=O)N4CCCc5ccccc54)cc3)nc12.Cl. The molecule has 1 amide bonds. The number of anilines is 2. The highest BCUT2D eigenvalue weighted by Gasteiger charge is 2.29. The molecule has 228 valence electrons. The number of fused-ring (bicyclic) bond motifs is 2. The van der Waals surface area contributed by atoms with Crippen molar-refractivity contribution in [2.45, 2.75) is 37.5 Å². The molecule has 0 bridgehead atoms. The molecule has 11 heteroatoms. The summed E-state index contributed by atoms with van der Waals surface area (Å²) in [6.45, 7) is 7.19. The Kier molecular flexibility index (Phi) is 10.0. The van der Waals surface area contributed by atoms with Gasteiger partial charge in [0, 0.05) is 38.3 Å². The molecule has 6 rings (SSSR count). The molecular weight excluding hydrogens is 604 g/mol. The van der Waals surface area contributed by atoms with Crippen molar-refractivity contribution < 1.29 is 17.9 Å². The number of thiazole rings is 1. The quantitative estimate of drug-likeness (QED) is 0.230. The normalized spacial score (nSPS) is 15.6. The van der Waals surface area contributed by atoms with Gasteiger partial charge in [0.2, 0.25) is 0 Å². The predicted molar refractivity (Wildman–Crippen MR) is 176 cm³/mol. The minimum absolute atomic E-state index is 0. The van der Waals surface area contributed by atoms with Crippen LogP contribution in [0.5, 0.6) is 0 Å². The standard InChI is InChI=1S/C32H36N4O4S2.ClH/c1-2-24-9-5-12-29-30(24)33-32(41-29)35(18-7-17-34-20-22-40-23-21-34)31(37)26-13-15-27(16-14-26)42(38,39)36-19-6-10-25-8-3-4-11-28(25)36;/h3-5,8-9,11-16H,2,6-7,10,17-23H2,1H3;1H. The van der Waals surface area contributed by atoms with Gasteiger partial charge in [-0.15, -0.1) is 12.4 Å². The van der Waals surface area contributed by atoms with Crippen LogP contribution < -0.4 is 9.21 Å². The van der Waals surface area contributed by atoms with Gasteiger partial charge in [-0.3, -0.25) is 18.9 Å². The van der Waals surface area contributed by atoms with Gasteiger partial charge in [0.25, 0.3) is 15.9 Å². The number of halogens is 1. The Morgan fingerprint density at radius 2 is 1.77 bits per heavy atom. The molecule has 2 aliphatic rings. The second-order valence-electron chi connectivity index (χ2n) is 10.7. The van der Waals surface area contributed by atoms with Gasteiger partial charge in [0.1, 0.15) is 0 Å². The number of hydrogen-bond donors (Lipinski definition) is 0. The lowest BCUT2D eigenvalue weighted by Gasteiger charge is -2.30. The van der Waals surface area contributed by atoms with Gasteiger partial charge in [-0.25, -0.2) is 13.4 Å². The summed E-state index contributed by atoms with van der Waals surface area (Å²) < 4.78 is 35.3. The summed E-state index contributed by atoms with van der Waals surface area (Å²) >= 11 is 1.52. The van der Waals surface area contributed by atoms with Crippen LogP contribution >= 0.6 is 23.7 Å². The van der Waals surface area contributed by atoms with Crippen molar-refractivity contribution in [3.8, 4) is 0 Å². The monoisotopic (exact) mass is 640 g/mol. The number of rotatable bonds is 9. The summed E-state index contributed by atoms with van der Waals surface area (Å²) in [4.78, 5) is 23.2. The Labute approximate surface area is 263 Å². The summed E-state index contributed by atoms with van der Waals surface area (Å²) in [7, 11) is -3.76. The van der Waals surface area contributed by atoms with E-state index >= 15 is 0 Å². The Morgan fingerprint density at radius 3 is 2.53 bits per heavy atom. The number of ether oxygens (including phenoxy) is 1. The molecule has 3 aromatic carbocycles. The third kappa shape index (κ3) is 6.58. The molecule has 2 aliphatic heterocycles. The van der Waals surface area contributed by atoms with Crippen molar-refractivity contribution in [3.05, 3.63) is 83.4 Å². The number of amides is 1. The fourth-order valence-electron chi connectivity index (χ4n) is 5.76. The maximum absolute atomic E-state index is 14.0. The Hall–Kier alpha value is -3.02. The average Bonchev–Trinajstić information content (AvgIpc) is 3.47. The van der Waals surface area contributed by atoms with Crippen molar-refractivity contribution in [1.29, 1.82) is 0 Å². The number of aryl methyl sites for hydroxylation is 2. The summed E-state index contributed by atoms with van der Waals surface area (Å²) in [5, 5.41) is 0.666. The zero-order valence-corrected chi connectivity index (χ0v) is 26.7. The van der Waals surface area contributed by atoms with E-state index in [1.807, 2.05) is 36.4 Å². The van der Waals surface area contributed by atoms with Crippen LogP contribution in [0.1, 0.15) is 41.3 Å². The van der Waals surface area contributed by atoms with E-state index in [4.69, 9.17) is 9.72 Å². The van der Waals surface area contributed by atoms with E-state index < -0.39 is 10.0 Å². The molecule has 8 nitrogen and oxygen atoms in total. The molecule has 3 heterocycles. The van der Waals surface area contributed by atoms with Crippen LogP contribution in [0.2, 0.25) is 0 Å². The third-order valence-electron chi connectivity index (χ3n) is 8.06. The molecule has 1 fully saturated rings. The van der Waals surface area contributed by atoms with Crippen LogP contribution in [-0.2, 0) is 27.6 Å². The van der Waals surface area contributed by atoms with Gasteiger partial charge < -0.3 is 4.74 Å². The van der Waals surface area contributed by atoms with E-state index in [9.17, 15) is 13.2 Å². The lowest BCUT2D eigenvalue weighted by Crippen LogP contribution is -2.39. The van der Waals surface area contributed by atoms with Gasteiger partial charge in [0.05, 0.1) is 34.0 Å². The van der Waals surface area contributed by atoms with Crippen LogP contribution in [-0.4, -0.2) is 70.1 Å². The second kappa shape index (κ2) is 13.7. The fraction of sp³-hybridized carbons (Fsp3) is 0.375. The largest absolute Gasteiger partial charge is 0.379 e. The first-order valence-electron chi connectivity index (χ1n) is 14.7. The second-order valence-corrected chi connectivity index (χ2v) is 13.6. The summed E-state index contributed by atoms with van der Waals surface area (Å²) in [5.41, 5.74) is 4.31. The van der Waals surface area contributed by atoms with Gasteiger partial charge in [-0.05, 0) is 73.2 Å². The Balaban J connectivity index is 0.00000368. The molecule has 0 atom stereocenters. The van der Waals surface area contributed by atoms with Crippen LogP contribution in [0.3, 0.4) is 0 Å². The lowest BCUT2D eigenvalue weighted by atomic mass is 10.0. The highest BCUT2D eigenvalue weighted by molar-refractivity contribution is 7.92. The third-order valence-corrected chi connectivity index (χ3v) is 10.9. The molecule has 0 N–H and O–H groups in total. The number of benzene rings is 3. The van der Waals surface area contributed by atoms with Crippen molar-refractivity contribution in [2.24, 2.45) is 0 Å². The van der Waals surface area contributed by atoms with Crippen molar-refractivity contribution in [2.75, 3.05) is 55.1 Å². The van der Waals surface area contributed by atoms with E-state index in [2.05, 4.69) is 17.9 Å². The van der Waals surface area contributed by atoms with E-state index in [-0.39, 0.29) is 23.2 Å². The van der Waals surface area contributed by atoms with Crippen LogP contribution in [0.15, 0.2) is 71.6 Å². The maximum Gasteiger partial charge on any atom is 0.264 e. The molecule has 0 radical (unpaired) electrons. The average molecular weight is 641 g/mol. The minimum atomic E-state index is -3.76. The van der Waals surface area contributed by atoms with Crippen molar-refractivity contribution in [1.82, 2.24) is 9.88 Å². The van der Waals surface area contributed by atoms with Crippen LogP contribution in [0, 0.1) is 0 Å². The van der Waals surface area contributed by atoms with Crippen molar-refractivity contribution >= 4 is 60.7 Å². The predicted octanol–water partition coefficient (Wildman–Crippen LogP) is 5.79. The molecule has 0 spiro atoms. The van der Waals surface area contributed by atoms with Gasteiger partial charge in [-0.1, -0.05) is 48.6 Å². The number of aromatic nitrogens is 1. The number of hydrogen-bond acceptors (Lipinski definition) is 7. The highest BCUT2D eigenvalue weighted by atomic mass is 35.5. The van der Waals surface area contributed by atoms with Crippen LogP contribution in [0.4, 0.5) is 10.8 Å². The minimum Gasteiger partial charge on any atom is -0.379 e. The smallest absolute Gasteiger partial charge is 0.264 e. The zero-order valence-electron chi connectivity index (χ0n) is 24.3. The number of carbonyl (C=O) groups is 1. The number of para-hydroxylation sites is 2.